The Bertz CT molecular complexity index is 1940. The van der Waals surface area contributed by atoms with E-state index >= 15 is 0 Å². The average molecular weight is 573 g/mol. The lowest BCUT2D eigenvalue weighted by molar-refractivity contribution is -0.659. The van der Waals surface area contributed by atoms with Crippen molar-refractivity contribution in [2.45, 2.75) is 95.4 Å². The van der Waals surface area contributed by atoms with Crippen LogP contribution in [0.15, 0.2) is 48.7 Å². The lowest BCUT2D eigenvalue weighted by Crippen LogP contribution is -2.32. The monoisotopic (exact) mass is 572 g/mol. The number of aromatic nitrogens is 1. The van der Waals surface area contributed by atoms with Gasteiger partial charge >= 0.3 is 0 Å². The van der Waals surface area contributed by atoms with E-state index in [-0.39, 0.29) is 16.2 Å². The molecule has 0 atom stereocenters. The van der Waals surface area contributed by atoms with E-state index in [1.807, 2.05) is 0 Å². The van der Waals surface area contributed by atoms with E-state index in [4.69, 9.17) is 4.74 Å². The number of nitrogens with zero attached hydrogens (tertiary/aromatic N) is 1. The molecular weight excluding hydrogens is 522 g/mol. The molecular formula is C41H50NO+. The smallest absolute Gasteiger partial charge is 0.228 e. The SMILES string of the molecule is Cc1c2c(c(CC(C)(C)C)c3ccc(CC(C)(C)C)cc13)Oc1c(C)c3c(CC(C)(C)C)cccc3c3cc[n+](C)c-2c13. The highest BCUT2D eigenvalue weighted by molar-refractivity contribution is 6.18. The van der Waals surface area contributed by atoms with Gasteiger partial charge in [0.05, 0.1) is 10.9 Å². The fourth-order valence-corrected chi connectivity index (χ4v) is 7.49. The Morgan fingerprint density at radius 2 is 1.28 bits per heavy atom. The third-order valence-electron chi connectivity index (χ3n) is 9.00. The summed E-state index contributed by atoms with van der Waals surface area (Å²) < 4.78 is 9.62. The molecule has 0 fully saturated rings. The molecule has 43 heavy (non-hydrogen) atoms. The molecule has 0 radical (unpaired) electrons. The molecule has 0 spiro atoms. The molecule has 224 valence electrons. The van der Waals surface area contributed by atoms with Gasteiger partial charge in [0.15, 0.2) is 6.20 Å². The van der Waals surface area contributed by atoms with E-state index in [1.54, 1.807) is 0 Å². The Hall–Kier alpha value is -3.39. The molecule has 2 nitrogen and oxygen atoms in total. The fraction of sp³-hybridized carbons (Fsp3) is 0.439. The first-order chi connectivity index (χ1) is 19.9. The number of fused-ring (bicyclic) bond motifs is 5. The van der Waals surface area contributed by atoms with E-state index in [0.717, 1.165) is 30.8 Å². The van der Waals surface area contributed by atoms with Crippen LogP contribution >= 0.6 is 0 Å². The molecule has 5 aromatic rings. The Morgan fingerprint density at radius 3 is 1.93 bits per heavy atom. The first-order valence-electron chi connectivity index (χ1n) is 16.1. The third kappa shape index (κ3) is 5.22. The van der Waals surface area contributed by atoms with Crippen molar-refractivity contribution in [3.63, 3.8) is 0 Å². The minimum Gasteiger partial charge on any atom is -0.455 e. The zero-order valence-electron chi connectivity index (χ0n) is 28.6. The maximum absolute atomic E-state index is 7.29. The lowest BCUT2D eigenvalue weighted by Gasteiger charge is -2.30. The molecule has 1 aliphatic rings. The largest absolute Gasteiger partial charge is 0.455 e. The van der Waals surface area contributed by atoms with Gasteiger partial charge in [-0.25, -0.2) is 4.57 Å². The van der Waals surface area contributed by atoms with Gasteiger partial charge in [-0.05, 0) is 87.6 Å². The van der Waals surface area contributed by atoms with Gasteiger partial charge in [0.25, 0.3) is 0 Å². The molecule has 0 unspecified atom stereocenters. The van der Waals surface area contributed by atoms with E-state index < -0.39 is 0 Å². The highest BCUT2D eigenvalue weighted by atomic mass is 16.5. The molecule has 1 aliphatic heterocycles. The van der Waals surface area contributed by atoms with E-state index in [9.17, 15) is 0 Å². The van der Waals surface area contributed by atoms with E-state index in [0.29, 0.717) is 0 Å². The molecule has 1 aromatic heterocycles. The zero-order valence-corrected chi connectivity index (χ0v) is 28.6. The van der Waals surface area contributed by atoms with Gasteiger partial charge in [-0.1, -0.05) is 98.7 Å². The number of rotatable bonds is 3. The Morgan fingerprint density at radius 1 is 0.628 bits per heavy atom. The summed E-state index contributed by atoms with van der Waals surface area (Å²) in [5.41, 5.74) is 9.75. The van der Waals surface area contributed by atoms with Crippen LogP contribution in [0.4, 0.5) is 0 Å². The second-order valence-electron chi connectivity index (χ2n) is 16.9. The van der Waals surface area contributed by atoms with Crippen molar-refractivity contribution in [1.29, 1.82) is 0 Å². The summed E-state index contributed by atoms with van der Waals surface area (Å²) in [5, 5.41) is 7.88. The molecule has 0 amide bonds. The average Bonchev–Trinajstić information content (AvgIpc) is 2.87. The van der Waals surface area contributed by atoms with E-state index in [2.05, 4.69) is 136 Å². The molecule has 0 N–H and O–H groups in total. The van der Waals surface area contributed by atoms with Crippen LogP contribution in [0.25, 0.3) is 43.6 Å². The summed E-state index contributed by atoms with van der Waals surface area (Å²) in [6.07, 6.45) is 5.28. The van der Waals surface area contributed by atoms with Gasteiger partial charge in [-0.2, -0.15) is 0 Å². The maximum Gasteiger partial charge on any atom is 0.228 e. The molecule has 0 saturated heterocycles. The zero-order chi connectivity index (χ0) is 31.2. The normalized spacial score (nSPS) is 13.6. The topological polar surface area (TPSA) is 13.1 Å². The maximum atomic E-state index is 7.29. The second-order valence-corrected chi connectivity index (χ2v) is 16.9. The first kappa shape index (κ1) is 29.7. The number of hydrogen-bond donors (Lipinski definition) is 0. The van der Waals surface area contributed by atoms with Crippen molar-refractivity contribution in [1.82, 2.24) is 0 Å². The lowest BCUT2D eigenvalue weighted by atomic mass is 9.80. The van der Waals surface area contributed by atoms with Crippen molar-refractivity contribution in [3.05, 3.63) is 76.5 Å². The first-order valence-corrected chi connectivity index (χ1v) is 16.1. The molecule has 0 saturated carbocycles. The summed E-state index contributed by atoms with van der Waals surface area (Å²) >= 11 is 0. The van der Waals surface area contributed by atoms with E-state index in [1.165, 1.54) is 71.4 Å². The predicted molar refractivity (Wildman–Crippen MR) is 185 cm³/mol. The summed E-state index contributed by atoms with van der Waals surface area (Å²) in [4.78, 5) is 0. The number of benzene rings is 4. The van der Waals surface area contributed by atoms with Gasteiger partial charge in [0, 0.05) is 22.6 Å². The minimum atomic E-state index is 0.107. The van der Waals surface area contributed by atoms with Gasteiger partial charge in [-0.3, -0.25) is 0 Å². The van der Waals surface area contributed by atoms with Crippen molar-refractivity contribution in [3.8, 4) is 22.8 Å². The van der Waals surface area contributed by atoms with Gasteiger partial charge in [0.2, 0.25) is 5.69 Å². The summed E-state index contributed by atoms with van der Waals surface area (Å²) in [5.74, 6) is 2.08. The number of aryl methyl sites for hydroxylation is 3. The summed E-state index contributed by atoms with van der Waals surface area (Å²) in [7, 11) is 2.20. The van der Waals surface area contributed by atoms with Crippen LogP contribution in [-0.2, 0) is 26.3 Å². The number of hydrogen-bond acceptors (Lipinski definition) is 1. The third-order valence-corrected chi connectivity index (χ3v) is 9.00. The molecule has 0 bridgehead atoms. The highest BCUT2D eigenvalue weighted by Gasteiger charge is 2.36. The predicted octanol–water partition coefficient (Wildman–Crippen LogP) is 11.1. The standard InChI is InChI=1S/C41H50NO/c1-24-31-20-26(21-39(3,4)5)16-17-28(31)32(23-41(9,10)11)38-34(24)36-35-30(18-19-42(36)12)29-15-13-14-27(22-40(6,7)8)33(29)25(2)37(35)43-38/h13-20H,21-23H2,1-12H3/q+1. The molecule has 0 aliphatic carbocycles. The van der Waals surface area contributed by atoms with Crippen molar-refractivity contribution in [2.75, 3.05) is 0 Å². The summed E-state index contributed by atoms with van der Waals surface area (Å²) in [6, 6.07) is 16.4. The molecule has 2 heteroatoms. The van der Waals surface area contributed by atoms with Crippen LogP contribution in [0.5, 0.6) is 11.5 Å². The highest BCUT2D eigenvalue weighted by Crippen LogP contribution is 2.54. The minimum absolute atomic E-state index is 0.107. The van der Waals surface area contributed by atoms with Crippen LogP contribution in [0.2, 0.25) is 0 Å². The fourth-order valence-electron chi connectivity index (χ4n) is 7.49. The van der Waals surface area contributed by atoms with Gasteiger partial charge in [0.1, 0.15) is 18.5 Å². The number of ether oxygens (including phenoxy) is 1. The Balaban J connectivity index is 1.75. The van der Waals surface area contributed by atoms with Crippen LogP contribution in [0.1, 0.15) is 90.1 Å². The van der Waals surface area contributed by atoms with Crippen molar-refractivity contribution in [2.24, 2.45) is 23.3 Å². The van der Waals surface area contributed by atoms with Crippen LogP contribution in [-0.4, -0.2) is 0 Å². The summed E-state index contributed by atoms with van der Waals surface area (Å²) in [6.45, 7) is 25.6. The van der Waals surface area contributed by atoms with Crippen LogP contribution < -0.4 is 9.30 Å². The number of pyridine rings is 1. The van der Waals surface area contributed by atoms with Crippen molar-refractivity contribution < 1.29 is 9.30 Å². The quantitative estimate of drug-likeness (QED) is 0.152. The van der Waals surface area contributed by atoms with Crippen LogP contribution in [0, 0.1) is 30.1 Å². The molecule has 4 aromatic carbocycles. The van der Waals surface area contributed by atoms with Gasteiger partial charge in [-0.15, -0.1) is 0 Å². The second kappa shape index (κ2) is 9.81. The van der Waals surface area contributed by atoms with Crippen molar-refractivity contribution >= 4 is 32.3 Å². The Kier molecular flexibility index (Phi) is 6.77. The molecule has 6 rings (SSSR count). The van der Waals surface area contributed by atoms with Crippen LogP contribution in [0.3, 0.4) is 0 Å². The van der Waals surface area contributed by atoms with Gasteiger partial charge < -0.3 is 4.74 Å². The Labute approximate surface area is 259 Å². The molecule has 2 heterocycles.